The number of rotatable bonds is 8. The predicted molar refractivity (Wildman–Crippen MR) is 131 cm³/mol. The van der Waals surface area contributed by atoms with E-state index in [9.17, 15) is 14.7 Å². The molecule has 1 fully saturated rings. The van der Waals surface area contributed by atoms with Crippen LogP contribution < -0.4 is 14.8 Å². The molecule has 6 nitrogen and oxygen atoms in total. The lowest BCUT2D eigenvalue weighted by Gasteiger charge is -2.36. The first kappa shape index (κ1) is 26.7. The monoisotopic (exact) mass is 459 g/mol. The van der Waals surface area contributed by atoms with Crippen molar-refractivity contribution in [2.75, 3.05) is 13.2 Å². The minimum absolute atomic E-state index is 0.0753. The Morgan fingerprint density at radius 3 is 2.61 bits per heavy atom. The Hall–Kier alpha value is -2.50. The molecule has 1 aliphatic heterocycles. The SMILES string of the molecule is C/C=C/C1CCOc2cc(CCC)cc(OC(=O)NCC3(CC(=O)O)CCCCC3)c21.CC. The third-order valence-electron chi connectivity index (χ3n) is 6.44. The van der Waals surface area contributed by atoms with Crippen LogP contribution in [0.15, 0.2) is 24.3 Å². The van der Waals surface area contributed by atoms with Gasteiger partial charge in [-0.2, -0.15) is 0 Å². The molecule has 0 spiro atoms. The highest BCUT2D eigenvalue weighted by Gasteiger charge is 2.35. The number of hydrogen-bond donors (Lipinski definition) is 2. The topological polar surface area (TPSA) is 84.9 Å². The predicted octanol–water partition coefficient (Wildman–Crippen LogP) is 6.62. The van der Waals surface area contributed by atoms with Crippen LogP contribution in [0.2, 0.25) is 0 Å². The second-order valence-electron chi connectivity index (χ2n) is 8.90. The fourth-order valence-electron chi connectivity index (χ4n) is 4.96. The lowest BCUT2D eigenvalue weighted by molar-refractivity contribution is -0.140. The molecular formula is C27H41NO5. The molecular weight excluding hydrogens is 418 g/mol. The van der Waals surface area contributed by atoms with E-state index < -0.39 is 12.1 Å². The Morgan fingerprint density at radius 2 is 1.97 bits per heavy atom. The van der Waals surface area contributed by atoms with E-state index in [-0.39, 0.29) is 17.8 Å². The van der Waals surface area contributed by atoms with Gasteiger partial charge in [-0.1, -0.05) is 58.6 Å². The maximum Gasteiger partial charge on any atom is 0.412 e. The standard InChI is InChI=1S/C25H35NO5.C2H6/c1-3-8-18-14-20-23(19(9-4-2)10-13-30-20)21(15-18)31-24(29)26-17-25(16-22(27)28)11-6-5-7-12-25;1-2/h4,9,14-15,19H,3,5-8,10-13,16-17H2,1-2H3,(H,26,29)(H,27,28);1-2H3/b9-4+;. The minimum atomic E-state index is -0.815. The number of allylic oxidation sites excluding steroid dienone is 2. The van der Waals surface area contributed by atoms with Crippen LogP contribution in [0.5, 0.6) is 11.5 Å². The van der Waals surface area contributed by atoms with Crippen molar-refractivity contribution in [1.29, 1.82) is 0 Å². The Labute approximate surface area is 198 Å². The molecule has 3 rings (SSSR count). The van der Waals surface area contributed by atoms with Crippen LogP contribution in [0, 0.1) is 5.41 Å². The van der Waals surface area contributed by atoms with Gasteiger partial charge < -0.3 is 19.9 Å². The normalized spacial score (nSPS) is 19.0. The van der Waals surface area contributed by atoms with Crippen LogP contribution in [0.1, 0.15) is 96.1 Å². The van der Waals surface area contributed by atoms with Crippen LogP contribution in [-0.2, 0) is 11.2 Å². The molecule has 0 bridgehead atoms. The summed E-state index contributed by atoms with van der Waals surface area (Å²) in [6.07, 6.45) is 11.1. The van der Waals surface area contributed by atoms with Crippen LogP contribution in [0.3, 0.4) is 0 Å². The maximum absolute atomic E-state index is 12.8. The number of carboxylic acids is 1. The molecule has 2 aliphatic rings. The van der Waals surface area contributed by atoms with Gasteiger partial charge in [0.25, 0.3) is 0 Å². The van der Waals surface area contributed by atoms with Gasteiger partial charge in [0.1, 0.15) is 11.5 Å². The van der Waals surface area contributed by atoms with Crippen molar-refractivity contribution in [3.63, 3.8) is 0 Å². The van der Waals surface area contributed by atoms with Crippen LogP contribution >= 0.6 is 0 Å². The van der Waals surface area contributed by atoms with Crippen LogP contribution in [-0.4, -0.2) is 30.3 Å². The zero-order valence-electron chi connectivity index (χ0n) is 20.7. The van der Waals surface area contributed by atoms with Gasteiger partial charge in [0.05, 0.1) is 13.0 Å². The van der Waals surface area contributed by atoms with Crippen molar-refractivity contribution >= 4 is 12.1 Å². The number of carbonyl (C=O) groups excluding carboxylic acids is 1. The first-order chi connectivity index (χ1) is 16.0. The van der Waals surface area contributed by atoms with Gasteiger partial charge >= 0.3 is 12.1 Å². The van der Waals surface area contributed by atoms with Gasteiger partial charge in [0.2, 0.25) is 0 Å². The molecule has 33 heavy (non-hydrogen) atoms. The van der Waals surface area contributed by atoms with Gasteiger partial charge in [-0.25, -0.2) is 4.79 Å². The van der Waals surface area contributed by atoms with E-state index in [1.165, 1.54) is 0 Å². The van der Waals surface area contributed by atoms with Crippen molar-refractivity contribution in [3.8, 4) is 11.5 Å². The van der Waals surface area contributed by atoms with Crippen molar-refractivity contribution in [2.45, 2.75) is 91.4 Å². The highest BCUT2D eigenvalue weighted by molar-refractivity contribution is 5.72. The van der Waals surface area contributed by atoms with Gasteiger partial charge in [-0.15, -0.1) is 0 Å². The van der Waals surface area contributed by atoms with E-state index in [2.05, 4.69) is 24.4 Å². The zero-order valence-corrected chi connectivity index (χ0v) is 20.7. The van der Waals surface area contributed by atoms with Gasteiger partial charge in [0.15, 0.2) is 0 Å². The number of aryl methyl sites for hydroxylation is 1. The second-order valence-corrected chi connectivity index (χ2v) is 8.90. The molecule has 1 saturated carbocycles. The van der Waals surface area contributed by atoms with Crippen molar-refractivity contribution in [3.05, 3.63) is 35.4 Å². The molecule has 0 aromatic heterocycles. The third kappa shape index (κ3) is 7.51. The summed E-state index contributed by atoms with van der Waals surface area (Å²) in [5.41, 5.74) is 1.61. The van der Waals surface area contributed by atoms with Crippen molar-refractivity contribution in [1.82, 2.24) is 5.32 Å². The summed E-state index contributed by atoms with van der Waals surface area (Å²) in [6.45, 7) is 9.06. The van der Waals surface area contributed by atoms with E-state index in [1.807, 2.05) is 32.9 Å². The highest BCUT2D eigenvalue weighted by Crippen LogP contribution is 2.43. The number of carboxylic acid groups (broad SMARTS) is 1. The second kappa shape index (κ2) is 13.3. The summed E-state index contributed by atoms with van der Waals surface area (Å²) in [5.74, 6) is 0.656. The number of carbonyl (C=O) groups is 2. The molecule has 2 N–H and O–H groups in total. The molecule has 1 heterocycles. The van der Waals surface area contributed by atoms with E-state index in [1.54, 1.807) is 0 Å². The molecule has 6 heteroatoms. The highest BCUT2D eigenvalue weighted by atomic mass is 16.6. The smallest absolute Gasteiger partial charge is 0.412 e. The Balaban J connectivity index is 0.00000187. The molecule has 0 radical (unpaired) electrons. The van der Waals surface area contributed by atoms with E-state index in [0.717, 1.165) is 68.2 Å². The Morgan fingerprint density at radius 1 is 1.24 bits per heavy atom. The van der Waals surface area contributed by atoms with Crippen molar-refractivity contribution < 1.29 is 24.2 Å². The van der Waals surface area contributed by atoms with Gasteiger partial charge in [-0.05, 0) is 55.7 Å². The van der Waals surface area contributed by atoms with E-state index >= 15 is 0 Å². The minimum Gasteiger partial charge on any atom is -0.493 e. The summed E-state index contributed by atoms with van der Waals surface area (Å²) >= 11 is 0. The van der Waals surface area contributed by atoms with Crippen LogP contribution in [0.4, 0.5) is 4.79 Å². The molecule has 1 atom stereocenters. The number of aliphatic carboxylic acids is 1. The molecule has 1 aromatic rings. The average molecular weight is 460 g/mol. The van der Waals surface area contributed by atoms with Gasteiger partial charge in [0, 0.05) is 18.0 Å². The number of nitrogens with one attached hydrogen (secondary N) is 1. The molecule has 184 valence electrons. The Kier molecular flexibility index (Phi) is 10.8. The fourth-order valence-corrected chi connectivity index (χ4v) is 4.96. The number of amides is 1. The lowest BCUT2D eigenvalue weighted by Crippen LogP contribution is -2.41. The fraction of sp³-hybridized carbons (Fsp3) is 0.630. The van der Waals surface area contributed by atoms with E-state index in [4.69, 9.17) is 9.47 Å². The Bertz CT molecular complexity index is 811. The summed E-state index contributed by atoms with van der Waals surface area (Å²) < 4.78 is 11.7. The molecule has 1 amide bonds. The van der Waals surface area contributed by atoms with E-state index in [0.29, 0.717) is 18.9 Å². The first-order valence-electron chi connectivity index (χ1n) is 12.6. The maximum atomic E-state index is 12.8. The molecule has 1 unspecified atom stereocenters. The van der Waals surface area contributed by atoms with Gasteiger partial charge in [-0.3, -0.25) is 4.79 Å². The summed E-state index contributed by atoms with van der Waals surface area (Å²) in [6, 6.07) is 4.00. The number of fused-ring (bicyclic) bond motifs is 1. The zero-order chi connectivity index (χ0) is 24.3. The summed E-state index contributed by atoms with van der Waals surface area (Å²) in [5, 5.41) is 12.2. The number of ether oxygens (including phenoxy) is 2. The quantitative estimate of drug-likeness (QED) is 0.427. The first-order valence-corrected chi connectivity index (χ1v) is 12.6. The average Bonchev–Trinajstić information content (AvgIpc) is 2.80. The number of hydrogen-bond acceptors (Lipinski definition) is 4. The summed E-state index contributed by atoms with van der Waals surface area (Å²) in [4.78, 5) is 24.2. The molecule has 1 aliphatic carbocycles. The van der Waals surface area contributed by atoms with Crippen LogP contribution in [0.25, 0.3) is 0 Å². The summed E-state index contributed by atoms with van der Waals surface area (Å²) in [7, 11) is 0. The molecule has 0 saturated heterocycles. The third-order valence-corrected chi connectivity index (χ3v) is 6.44. The largest absolute Gasteiger partial charge is 0.493 e. The molecule has 1 aromatic carbocycles. The lowest BCUT2D eigenvalue weighted by atomic mass is 9.72. The number of benzene rings is 1. The van der Waals surface area contributed by atoms with Crippen molar-refractivity contribution in [2.24, 2.45) is 5.41 Å².